The third kappa shape index (κ3) is 3.79. The average Bonchev–Trinajstić information content (AvgIpc) is 2.12. The topological polar surface area (TPSA) is 92.3 Å². The van der Waals surface area contributed by atoms with Crippen molar-refractivity contribution < 1.29 is 10.2 Å². The third-order valence-corrected chi connectivity index (χ3v) is 2.71. The average molecular weight is 280 g/mol. The first-order valence-corrected chi connectivity index (χ1v) is 5.61. The van der Waals surface area contributed by atoms with E-state index < -0.39 is 6.10 Å². The van der Waals surface area contributed by atoms with E-state index in [1.54, 1.807) is 6.07 Å². The first-order valence-electron chi connectivity index (χ1n) is 3.83. The van der Waals surface area contributed by atoms with Gasteiger partial charge in [-0.2, -0.15) is 0 Å². The summed E-state index contributed by atoms with van der Waals surface area (Å²) in [5.41, 5.74) is 5.49. The van der Waals surface area contributed by atoms with Crippen molar-refractivity contribution in [2.45, 2.75) is 11.3 Å². The predicted octanol–water partition coefficient (Wildman–Crippen LogP) is 0.267. The monoisotopic (exact) mass is 279 g/mol. The maximum atomic E-state index is 9.09. The normalized spacial score (nSPS) is 12.8. The minimum absolute atomic E-state index is 0.267. The van der Waals surface area contributed by atoms with E-state index in [2.05, 4.69) is 25.9 Å². The van der Waals surface area contributed by atoms with E-state index in [1.165, 1.54) is 11.8 Å². The maximum absolute atomic E-state index is 9.09. The Hall–Kier alpha value is -0.370. The van der Waals surface area contributed by atoms with Crippen LogP contribution in [0.5, 0.6) is 0 Å². The summed E-state index contributed by atoms with van der Waals surface area (Å²) < 4.78 is 0.603. The molecule has 5 nitrogen and oxygen atoms in total. The Kier molecular flexibility index (Phi) is 4.59. The van der Waals surface area contributed by atoms with Gasteiger partial charge in [-0.3, -0.25) is 0 Å². The quantitative estimate of drug-likeness (QED) is 0.416. The predicted molar refractivity (Wildman–Crippen MR) is 58.0 cm³/mol. The summed E-state index contributed by atoms with van der Waals surface area (Å²) in [6.07, 6.45) is -0.760. The summed E-state index contributed by atoms with van der Waals surface area (Å²) in [5.74, 6) is 0.708. The number of halogens is 1. The SMILES string of the molecule is Nc1cc(Br)nc(SCC(O)CO)n1. The molecule has 1 heterocycles. The van der Waals surface area contributed by atoms with Crippen LogP contribution in [0.2, 0.25) is 0 Å². The van der Waals surface area contributed by atoms with Gasteiger partial charge in [-0.15, -0.1) is 0 Å². The van der Waals surface area contributed by atoms with Gasteiger partial charge in [-0.1, -0.05) is 11.8 Å². The van der Waals surface area contributed by atoms with Gasteiger partial charge >= 0.3 is 0 Å². The smallest absolute Gasteiger partial charge is 0.190 e. The zero-order chi connectivity index (χ0) is 10.6. The molecule has 1 aromatic rings. The van der Waals surface area contributed by atoms with Crippen molar-refractivity contribution in [3.63, 3.8) is 0 Å². The lowest BCUT2D eigenvalue weighted by atomic mass is 10.4. The number of aliphatic hydroxyl groups is 2. The number of rotatable bonds is 4. The lowest BCUT2D eigenvalue weighted by Gasteiger charge is -2.05. The Morgan fingerprint density at radius 2 is 2.29 bits per heavy atom. The summed E-state index contributed by atoms with van der Waals surface area (Å²) in [5, 5.41) is 18.1. The molecule has 0 fully saturated rings. The molecule has 0 saturated carbocycles. The van der Waals surface area contributed by atoms with Crippen LogP contribution in [0.1, 0.15) is 0 Å². The van der Waals surface area contributed by atoms with E-state index >= 15 is 0 Å². The molecular formula is C7H10BrN3O2S. The number of aliphatic hydroxyl groups excluding tert-OH is 2. The number of aromatic nitrogens is 2. The number of thioether (sulfide) groups is 1. The largest absolute Gasteiger partial charge is 0.394 e. The van der Waals surface area contributed by atoms with E-state index in [0.717, 1.165) is 0 Å². The molecule has 14 heavy (non-hydrogen) atoms. The molecule has 0 bridgehead atoms. The summed E-state index contributed by atoms with van der Waals surface area (Å²) in [6.45, 7) is -0.267. The molecule has 0 aliphatic rings. The van der Waals surface area contributed by atoms with E-state index in [1.807, 2.05) is 0 Å². The first kappa shape index (κ1) is 11.7. The number of nitrogen functional groups attached to an aromatic ring is 1. The second-order valence-electron chi connectivity index (χ2n) is 2.55. The van der Waals surface area contributed by atoms with Crippen LogP contribution >= 0.6 is 27.7 Å². The van der Waals surface area contributed by atoms with Gasteiger partial charge in [0, 0.05) is 11.8 Å². The highest BCUT2D eigenvalue weighted by Gasteiger charge is 2.06. The van der Waals surface area contributed by atoms with Gasteiger partial charge in [0.25, 0.3) is 0 Å². The van der Waals surface area contributed by atoms with Gasteiger partial charge < -0.3 is 15.9 Å². The van der Waals surface area contributed by atoms with Gasteiger partial charge in [0.1, 0.15) is 10.4 Å². The summed E-state index contributed by atoms with van der Waals surface area (Å²) >= 11 is 4.42. The van der Waals surface area contributed by atoms with Crippen LogP contribution in [0, 0.1) is 0 Å². The van der Waals surface area contributed by atoms with Gasteiger partial charge in [-0.05, 0) is 15.9 Å². The third-order valence-electron chi connectivity index (χ3n) is 1.31. The van der Waals surface area contributed by atoms with Crippen LogP contribution in [-0.4, -0.2) is 38.6 Å². The van der Waals surface area contributed by atoms with Crippen LogP contribution < -0.4 is 5.73 Å². The van der Waals surface area contributed by atoms with E-state index in [-0.39, 0.29) is 6.61 Å². The molecule has 7 heteroatoms. The van der Waals surface area contributed by atoms with Gasteiger partial charge in [0.15, 0.2) is 5.16 Å². The molecule has 0 amide bonds. The number of nitrogens with zero attached hydrogens (tertiary/aromatic N) is 2. The second-order valence-corrected chi connectivity index (χ2v) is 4.35. The van der Waals surface area contributed by atoms with Gasteiger partial charge in [0.2, 0.25) is 0 Å². The Labute approximate surface area is 93.9 Å². The Balaban J connectivity index is 2.58. The Morgan fingerprint density at radius 3 is 2.86 bits per heavy atom. The highest BCUT2D eigenvalue weighted by Crippen LogP contribution is 2.18. The van der Waals surface area contributed by atoms with E-state index in [4.69, 9.17) is 15.9 Å². The minimum Gasteiger partial charge on any atom is -0.394 e. The molecule has 0 aliphatic heterocycles. The molecule has 78 valence electrons. The van der Waals surface area contributed by atoms with Crippen LogP contribution in [0.4, 0.5) is 5.82 Å². The number of hydrogen-bond acceptors (Lipinski definition) is 6. The van der Waals surface area contributed by atoms with E-state index in [9.17, 15) is 0 Å². The highest BCUT2D eigenvalue weighted by atomic mass is 79.9. The summed E-state index contributed by atoms with van der Waals surface area (Å²) in [4.78, 5) is 7.98. The second kappa shape index (κ2) is 5.50. The standard InChI is InChI=1S/C7H10BrN3O2S/c8-5-1-6(9)11-7(10-5)14-3-4(13)2-12/h1,4,12-13H,2-3H2,(H2,9,10,11). The molecule has 0 radical (unpaired) electrons. The molecule has 1 aromatic heterocycles. The zero-order valence-electron chi connectivity index (χ0n) is 7.22. The number of hydrogen-bond donors (Lipinski definition) is 3. The zero-order valence-corrected chi connectivity index (χ0v) is 9.62. The molecule has 0 saturated heterocycles. The maximum Gasteiger partial charge on any atom is 0.190 e. The molecule has 4 N–H and O–H groups in total. The molecule has 1 unspecified atom stereocenters. The van der Waals surface area contributed by atoms with Crippen LogP contribution in [-0.2, 0) is 0 Å². The van der Waals surface area contributed by atoms with Crippen molar-refractivity contribution in [3.8, 4) is 0 Å². The van der Waals surface area contributed by atoms with Crippen LogP contribution in [0.15, 0.2) is 15.8 Å². The highest BCUT2D eigenvalue weighted by molar-refractivity contribution is 9.10. The molecular weight excluding hydrogens is 270 g/mol. The fourth-order valence-corrected chi connectivity index (χ4v) is 2.00. The molecule has 0 aromatic carbocycles. The van der Waals surface area contributed by atoms with Gasteiger partial charge in [0.05, 0.1) is 12.7 Å². The van der Waals surface area contributed by atoms with Crippen molar-refractivity contribution in [1.29, 1.82) is 0 Å². The number of anilines is 1. The Morgan fingerprint density at radius 1 is 1.57 bits per heavy atom. The van der Waals surface area contributed by atoms with Crippen LogP contribution in [0.3, 0.4) is 0 Å². The fraction of sp³-hybridized carbons (Fsp3) is 0.429. The molecule has 0 spiro atoms. The number of nitrogens with two attached hydrogens (primary N) is 1. The van der Waals surface area contributed by atoms with Gasteiger partial charge in [-0.25, -0.2) is 9.97 Å². The van der Waals surface area contributed by atoms with Crippen molar-refractivity contribution in [2.75, 3.05) is 18.1 Å². The minimum atomic E-state index is -0.760. The van der Waals surface area contributed by atoms with Crippen LogP contribution in [0.25, 0.3) is 0 Å². The first-order chi connectivity index (χ1) is 6.61. The lowest BCUT2D eigenvalue weighted by Crippen LogP contribution is -2.14. The summed E-state index contributed by atoms with van der Waals surface area (Å²) in [7, 11) is 0. The molecule has 0 aliphatic carbocycles. The summed E-state index contributed by atoms with van der Waals surface area (Å²) in [6, 6.07) is 1.59. The van der Waals surface area contributed by atoms with Crippen molar-refractivity contribution in [3.05, 3.63) is 10.7 Å². The molecule has 1 rings (SSSR count). The molecule has 1 atom stereocenters. The Bertz CT molecular complexity index is 293. The van der Waals surface area contributed by atoms with E-state index in [0.29, 0.717) is 21.3 Å². The fourth-order valence-electron chi connectivity index (χ4n) is 0.701. The van der Waals surface area contributed by atoms with Crippen molar-refractivity contribution in [2.24, 2.45) is 0 Å². The lowest BCUT2D eigenvalue weighted by molar-refractivity contribution is 0.113. The van der Waals surface area contributed by atoms with Crippen molar-refractivity contribution in [1.82, 2.24) is 9.97 Å². The van der Waals surface area contributed by atoms with Crippen molar-refractivity contribution >= 4 is 33.5 Å².